The summed E-state index contributed by atoms with van der Waals surface area (Å²) in [6.45, 7) is 1.55. The molecule has 1 N–H and O–H groups in total. The van der Waals surface area contributed by atoms with E-state index < -0.39 is 0 Å². The van der Waals surface area contributed by atoms with E-state index in [1.54, 1.807) is 6.20 Å². The number of nitrogens with zero attached hydrogens (tertiary/aromatic N) is 7. The Labute approximate surface area is 218 Å². The summed E-state index contributed by atoms with van der Waals surface area (Å²) in [5.74, 6) is 1.05. The Morgan fingerprint density at radius 2 is 1.97 bits per heavy atom. The van der Waals surface area contributed by atoms with Crippen molar-refractivity contribution in [1.82, 2.24) is 29.5 Å². The second-order valence-corrected chi connectivity index (χ2v) is 10.3. The molecule has 1 saturated carbocycles. The summed E-state index contributed by atoms with van der Waals surface area (Å²) in [6, 6.07) is 12.2. The number of hydrogen-bond acceptors (Lipinski definition) is 7. The lowest BCUT2D eigenvalue weighted by Gasteiger charge is -2.21. The summed E-state index contributed by atoms with van der Waals surface area (Å²) in [7, 11) is 4.12. The van der Waals surface area contributed by atoms with Gasteiger partial charge in [0, 0.05) is 48.3 Å². The van der Waals surface area contributed by atoms with Crippen molar-refractivity contribution in [1.29, 1.82) is 5.26 Å². The first-order valence-electron chi connectivity index (χ1n) is 13.1. The zero-order valence-electron chi connectivity index (χ0n) is 21.5. The molecule has 0 spiro atoms. The van der Waals surface area contributed by atoms with Gasteiger partial charge in [-0.25, -0.2) is 9.97 Å². The lowest BCUT2D eigenvalue weighted by Crippen LogP contribution is -2.34. The summed E-state index contributed by atoms with van der Waals surface area (Å²) in [4.78, 5) is 26.0. The zero-order chi connectivity index (χ0) is 25.8. The molecule has 2 unspecified atom stereocenters. The van der Waals surface area contributed by atoms with Gasteiger partial charge in [-0.1, -0.05) is 12.8 Å². The minimum Gasteiger partial charge on any atom is -0.337 e. The summed E-state index contributed by atoms with van der Waals surface area (Å²) >= 11 is 0. The molecule has 2 fully saturated rings. The van der Waals surface area contributed by atoms with Crippen LogP contribution in [0.4, 0.5) is 11.6 Å². The molecular weight excluding hydrogens is 464 g/mol. The van der Waals surface area contributed by atoms with Crippen molar-refractivity contribution >= 4 is 17.5 Å². The quantitative estimate of drug-likeness (QED) is 0.488. The van der Waals surface area contributed by atoms with E-state index in [1.807, 2.05) is 52.3 Å². The highest BCUT2D eigenvalue weighted by molar-refractivity contribution is 5.94. The number of benzene rings is 1. The predicted octanol–water partition coefficient (Wildman–Crippen LogP) is 4.50. The molecule has 37 heavy (non-hydrogen) atoms. The number of hydrogen-bond donors (Lipinski definition) is 1. The van der Waals surface area contributed by atoms with Gasteiger partial charge in [-0.05, 0) is 69.6 Å². The first kappa shape index (κ1) is 24.9. The van der Waals surface area contributed by atoms with Crippen LogP contribution in [0.3, 0.4) is 0 Å². The van der Waals surface area contributed by atoms with Crippen LogP contribution in [0, 0.1) is 17.2 Å². The third-order valence-electron chi connectivity index (χ3n) is 7.71. The molecule has 5 rings (SSSR count). The Bertz CT molecular complexity index is 1260. The molecule has 9 nitrogen and oxygen atoms in total. The van der Waals surface area contributed by atoms with E-state index in [0.29, 0.717) is 29.9 Å². The smallest absolute Gasteiger partial charge is 0.253 e. The van der Waals surface area contributed by atoms with Crippen molar-refractivity contribution in [3.05, 3.63) is 54.5 Å². The summed E-state index contributed by atoms with van der Waals surface area (Å²) in [5, 5.41) is 17.2. The van der Waals surface area contributed by atoms with Crippen LogP contribution in [0.5, 0.6) is 0 Å². The Morgan fingerprint density at radius 1 is 1.19 bits per heavy atom. The normalized spacial score (nSPS) is 18.8. The minimum absolute atomic E-state index is 0.0680. The van der Waals surface area contributed by atoms with Crippen LogP contribution < -0.4 is 5.32 Å². The van der Waals surface area contributed by atoms with Crippen molar-refractivity contribution in [2.75, 3.05) is 32.5 Å². The highest BCUT2D eigenvalue weighted by Crippen LogP contribution is 2.36. The van der Waals surface area contributed by atoms with Gasteiger partial charge in [-0.15, -0.1) is 0 Å². The number of likely N-dealkylation sites (tertiary alicyclic amines) is 1. The molecule has 1 aliphatic heterocycles. The fraction of sp³-hybridized carbons (Fsp3) is 0.464. The van der Waals surface area contributed by atoms with E-state index in [-0.39, 0.29) is 11.9 Å². The lowest BCUT2D eigenvalue weighted by atomic mass is 9.96. The number of likely N-dealkylation sites (N-methyl/N-ethyl adjacent to an activating group) is 1. The number of carbonyl (C=O) groups excluding carboxylic acids is 1. The third-order valence-corrected chi connectivity index (χ3v) is 7.71. The highest BCUT2D eigenvalue weighted by atomic mass is 16.2. The molecule has 1 amide bonds. The van der Waals surface area contributed by atoms with Crippen molar-refractivity contribution in [2.24, 2.45) is 5.92 Å². The van der Waals surface area contributed by atoms with E-state index in [9.17, 15) is 10.1 Å². The zero-order valence-corrected chi connectivity index (χ0v) is 21.5. The monoisotopic (exact) mass is 498 g/mol. The molecule has 3 heterocycles. The largest absolute Gasteiger partial charge is 0.337 e. The van der Waals surface area contributed by atoms with Crippen LogP contribution in [-0.2, 0) is 0 Å². The van der Waals surface area contributed by atoms with Crippen LogP contribution >= 0.6 is 0 Å². The maximum atomic E-state index is 12.9. The molecule has 3 aromatic rings. The molecule has 1 saturated heterocycles. The van der Waals surface area contributed by atoms with Gasteiger partial charge in [0.25, 0.3) is 5.91 Å². The molecule has 2 aliphatic rings. The topological polar surface area (TPSA) is 103 Å². The number of amides is 1. The first-order valence-corrected chi connectivity index (χ1v) is 13.1. The maximum Gasteiger partial charge on any atom is 0.253 e. The van der Waals surface area contributed by atoms with Crippen molar-refractivity contribution in [3.63, 3.8) is 0 Å². The van der Waals surface area contributed by atoms with Gasteiger partial charge in [0.2, 0.25) is 5.95 Å². The van der Waals surface area contributed by atoms with Crippen molar-refractivity contribution in [2.45, 2.75) is 50.6 Å². The highest BCUT2D eigenvalue weighted by Gasteiger charge is 2.28. The van der Waals surface area contributed by atoms with Gasteiger partial charge in [-0.2, -0.15) is 10.4 Å². The van der Waals surface area contributed by atoms with Crippen molar-refractivity contribution in [3.8, 4) is 17.3 Å². The Hall–Kier alpha value is -3.77. The van der Waals surface area contributed by atoms with E-state index in [2.05, 4.69) is 45.4 Å². The average Bonchev–Trinajstić information content (AvgIpc) is 3.69. The van der Waals surface area contributed by atoms with Crippen molar-refractivity contribution < 1.29 is 4.79 Å². The first-order chi connectivity index (χ1) is 18.0. The van der Waals surface area contributed by atoms with Gasteiger partial charge in [-0.3, -0.25) is 9.48 Å². The molecule has 0 radical (unpaired) electrons. The van der Waals surface area contributed by atoms with Crippen LogP contribution in [0.15, 0.2) is 48.9 Å². The number of nitrogens with one attached hydrogen (secondary N) is 1. The van der Waals surface area contributed by atoms with Crippen LogP contribution in [-0.4, -0.2) is 68.7 Å². The minimum atomic E-state index is 0.0680. The number of carbonyl (C=O) groups is 1. The van der Waals surface area contributed by atoms with E-state index >= 15 is 0 Å². The van der Waals surface area contributed by atoms with E-state index in [4.69, 9.17) is 0 Å². The Balaban J connectivity index is 1.25. The SMILES string of the molecule is CN(C)C1CCN(C(=O)c2ccc(Nc3nccc(-c4cnn(C(CC#N)C5CCCC5)c4)n3)cc2)C1. The number of aromatic nitrogens is 4. The second-order valence-electron chi connectivity index (χ2n) is 10.3. The summed E-state index contributed by atoms with van der Waals surface area (Å²) in [5.41, 5.74) is 3.16. The molecule has 0 bridgehead atoms. The number of anilines is 2. The molecule has 2 atom stereocenters. The van der Waals surface area contributed by atoms with Gasteiger partial charge in [0.05, 0.1) is 30.4 Å². The van der Waals surface area contributed by atoms with Gasteiger partial charge < -0.3 is 15.1 Å². The van der Waals surface area contributed by atoms with Gasteiger partial charge in [0.15, 0.2) is 0 Å². The van der Waals surface area contributed by atoms with Crippen LogP contribution in [0.1, 0.15) is 54.9 Å². The van der Waals surface area contributed by atoms with E-state index in [1.165, 1.54) is 12.8 Å². The van der Waals surface area contributed by atoms with Gasteiger partial charge in [0.1, 0.15) is 0 Å². The molecular formula is C28H34N8O. The fourth-order valence-corrected chi connectivity index (χ4v) is 5.50. The van der Waals surface area contributed by atoms with E-state index in [0.717, 1.165) is 49.3 Å². The lowest BCUT2D eigenvalue weighted by molar-refractivity contribution is 0.0783. The van der Waals surface area contributed by atoms with Crippen LogP contribution in [0.2, 0.25) is 0 Å². The Kier molecular flexibility index (Phi) is 7.47. The maximum absolute atomic E-state index is 12.9. The standard InChI is InChI=1S/C28H34N8O/c1-34(2)24-13-16-35(19-24)27(37)21-7-9-23(10-8-21)32-28-30-15-12-25(33-28)22-17-31-36(18-22)26(11-14-29)20-5-3-4-6-20/h7-10,12,15,17-18,20,24,26H,3-6,11,13,16,19H2,1-2H3,(H,30,32,33). The molecule has 1 aliphatic carbocycles. The molecule has 9 heteroatoms. The van der Waals surface area contributed by atoms with Crippen LogP contribution in [0.25, 0.3) is 11.3 Å². The fourth-order valence-electron chi connectivity index (χ4n) is 5.50. The van der Waals surface area contributed by atoms with Gasteiger partial charge >= 0.3 is 0 Å². The Morgan fingerprint density at radius 3 is 2.68 bits per heavy atom. The number of nitriles is 1. The molecule has 1 aromatic carbocycles. The molecule has 192 valence electrons. The predicted molar refractivity (Wildman–Crippen MR) is 142 cm³/mol. The number of rotatable bonds is 8. The second kappa shape index (κ2) is 11.1. The third kappa shape index (κ3) is 5.65. The summed E-state index contributed by atoms with van der Waals surface area (Å²) in [6.07, 6.45) is 11.8. The summed E-state index contributed by atoms with van der Waals surface area (Å²) < 4.78 is 1.95. The average molecular weight is 499 g/mol. The molecule has 2 aromatic heterocycles.